The molecule has 0 fully saturated rings. The van der Waals surface area contributed by atoms with E-state index in [1.54, 1.807) is 13.2 Å². The number of hydrogen-bond acceptors (Lipinski definition) is 2. The molecule has 25 heavy (non-hydrogen) atoms. The second kappa shape index (κ2) is 9.14. The standard InChI is InChI=1S/C21H20NO2.BrH/c1-24-20-9-5-8-19(15-20)21(23)16-22-12-10-18(11-13-22)14-17-6-3-2-4-7-17;/h2-13,15H,14,16H2,1H3;1H/q+1;/p-1. The third-order valence-corrected chi connectivity index (χ3v) is 3.93. The SMILES string of the molecule is COc1cccc(C(=O)C[n+]2ccc(Cc3ccccc3)cc2)c1.[Br-]. The van der Waals surface area contributed by atoms with Gasteiger partial charge in [0.15, 0.2) is 12.4 Å². The normalized spacial score (nSPS) is 9.96. The third-order valence-electron chi connectivity index (χ3n) is 3.93. The van der Waals surface area contributed by atoms with Gasteiger partial charge in [-0.1, -0.05) is 42.5 Å². The highest BCUT2D eigenvalue weighted by Gasteiger charge is 2.12. The second-order valence-corrected chi connectivity index (χ2v) is 5.70. The lowest BCUT2D eigenvalue weighted by atomic mass is 10.1. The van der Waals surface area contributed by atoms with Crippen LogP contribution in [0.3, 0.4) is 0 Å². The van der Waals surface area contributed by atoms with Gasteiger partial charge in [0.25, 0.3) is 0 Å². The maximum Gasteiger partial charge on any atom is 0.227 e. The van der Waals surface area contributed by atoms with Crippen molar-refractivity contribution in [2.75, 3.05) is 7.11 Å². The summed E-state index contributed by atoms with van der Waals surface area (Å²) in [4.78, 5) is 12.4. The van der Waals surface area contributed by atoms with Crippen LogP contribution in [0.2, 0.25) is 0 Å². The number of pyridine rings is 1. The molecule has 4 heteroatoms. The number of hydrogen-bond donors (Lipinski definition) is 0. The minimum atomic E-state index is 0. The van der Waals surface area contributed by atoms with Gasteiger partial charge in [0, 0.05) is 17.7 Å². The average molecular weight is 398 g/mol. The van der Waals surface area contributed by atoms with Crippen molar-refractivity contribution in [2.45, 2.75) is 13.0 Å². The predicted octanol–water partition coefficient (Wildman–Crippen LogP) is 0.460. The molecule has 0 saturated heterocycles. The molecule has 0 N–H and O–H groups in total. The van der Waals surface area contributed by atoms with Crippen LogP contribution in [-0.2, 0) is 13.0 Å². The fraction of sp³-hybridized carbons (Fsp3) is 0.143. The predicted molar refractivity (Wildman–Crippen MR) is 93.2 cm³/mol. The molecule has 0 aliphatic rings. The van der Waals surface area contributed by atoms with E-state index in [4.69, 9.17) is 4.74 Å². The monoisotopic (exact) mass is 397 g/mol. The molecule has 3 rings (SSSR count). The van der Waals surface area contributed by atoms with Crippen molar-refractivity contribution < 1.29 is 31.1 Å². The van der Waals surface area contributed by atoms with E-state index in [-0.39, 0.29) is 22.8 Å². The van der Waals surface area contributed by atoms with Gasteiger partial charge in [-0.15, -0.1) is 0 Å². The lowest BCUT2D eigenvalue weighted by molar-refractivity contribution is -0.683. The number of Topliss-reactive ketones (excluding diaryl/α,β-unsaturated/α-hetero) is 1. The minimum absolute atomic E-state index is 0. The van der Waals surface area contributed by atoms with Crippen molar-refractivity contribution >= 4 is 5.78 Å². The van der Waals surface area contributed by atoms with Crippen molar-refractivity contribution in [3.63, 3.8) is 0 Å². The summed E-state index contributed by atoms with van der Waals surface area (Å²) in [5.74, 6) is 0.763. The molecule has 0 bridgehead atoms. The smallest absolute Gasteiger partial charge is 0.227 e. The lowest BCUT2D eigenvalue weighted by Crippen LogP contribution is -3.00. The van der Waals surface area contributed by atoms with E-state index < -0.39 is 0 Å². The topological polar surface area (TPSA) is 30.2 Å². The average Bonchev–Trinajstić information content (AvgIpc) is 2.64. The Balaban J connectivity index is 0.00000225. The van der Waals surface area contributed by atoms with Crippen molar-refractivity contribution in [1.29, 1.82) is 0 Å². The van der Waals surface area contributed by atoms with Gasteiger partial charge < -0.3 is 21.7 Å². The fourth-order valence-electron chi connectivity index (χ4n) is 2.60. The quantitative estimate of drug-likeness (QED) is 0.446. The van der Waals surface area contributed by atoms with Gasteiger partial charge in [0.2, 0.25) is 12.3 Å². The van der Waals surface area contributed by atoms with Crippen LogP contribution >= 0.6 is 0 Å². The lowest BCUT2D eigenvalue weighted by Gasteiger charge is -2.03. The molecule has 3 aromatic rings. The number of halogens is 1. The summed E-state index contributed by atoms with van der Waals surface area (Å²) in [6.45, 7) is 0.318. The van der Waals surface area contributed by atoms with Gasteiger partial charge >= 0.3 is 0 Å². The molecule has 0 aliphatic heterocycles. The van der Waals surface area contributed by atoms with Crippen LogP contribution in [0, 0.1) is 0 Å². The minimum Gasteiger partial charge on any atom is -1.00 e. The molecule has 1 aromatic heterocycles. The van der Waals surface area contributed by atoms with Crippen LogP contribution in [0.15, 0.2) is 79.1 Å². The molecule has 0 radical (unpaired) electrons. The van der Waals surface area contributed by atoms with Crippen molar-refractivity contribution in [1.82, 2.24) is 0 Å². The first-order valence-electron chi connectivity index (χ1n) is 7.94. The number of ketones is 1. The third kappa shape index (κ3) is 5.26. The summed E-state index contributed by atoms with van der Waals surface area (Å²) in [7, 11) is 1.60. The Morgan fingerprint density at radius 1 is 0.920 bits per heavy atom. The van der Waals surface area contributed by atoms with Crippen molar-refractivity contribution in [2.24, 2.45) is 0 Å². The molecule has 0 saturated carbocycles. The van der Waals surface area contributed by atoms with Crippen LogP contribution in [0.25, 0.3) is 0 Å². The molecule has 128 valence electrons. The molecule has 2 aromatic carbocycles. The summed E-state index contributed by atoms with van der Waals surface area (Å²) in [5, 5.41) is 0. The van der Waals surface area contributed by atoms with Crippen molar-refractivity contribution in [3.8, 4) is 5.75 Å². The van der Waals surface area contributed by atoms with E-state index in [9.17, 15) is 4.79 Å². The summed E-state index contributed by atoms with van der Waals surface area (Å²) < 4.78 is 7.07. The Hall–Kier alpha value is -2.46. The Labute approximate surface area is 158 Å². The zero-order valence-electron chi connectivity index (χ0n) is 14.1. The second-order valence-electron chi connectivity index (χ2n) is 5.70. The van der Waals surface area contributed by atoms with E-state index in [0.29, 0.717) is 17.9 Å². The molecule has 0 amide bonds. The number of methoxy groups -OCH3 is 1. The number of nitrogens with zero attached hydrogens (tertiary/aromatic N) is 1. The molecular weight excluding hydrogens is 378 g/mol. The van der Waals surface area contributed by atoms with Gasteiger partial charge in [-0.3, -0.25) is 4.79 Å². The molecule has 0 spiro atoms. The maximum absolute atomic E-state index is 12.4. The highest BCUT2D eigenvalue weighted by atomic mass is 79.9. The number of aromatic nitrogens is 1. The van der Waals surface area contributed by atoms with E-state index >= 15 is 0 Å². The number of carbonyl (C=O) groups is 1. The number of rotatable bonds is 6. The van der Waals surface area contributed by atoms with Gasteiger partial charge in [-0.05, 0) is 29.7 Å². The van der Waals surface area contributed by atoms with E-state index in [0.717, 1.165) is 6.42 Å². The van der Waals surface area contributed by atoms with E-state index in [2.05, 4.69) is 24.3 Å². The van der Waals surface area contributed by atoms with E-state index in [1.165, 1.54) is 11.1 Å². The zero-order valence-corrected chi connectivity index (χ0v) is 15.6. The molecule has 1 heterocycles. The highest BCUT2D eigenvalue weighted by molar-refractivity contribution is 5.95. The van der Waals surface area contributed by atoms with Crippen LogP contribution in [0.5, 0.6) is 5.75 Å². The Morgan fingerprint density at radius 3 is 2.28 bits per heavy atom. The van der Waals surface area contributed by atoms with Crippen LogP contribution in [-0.4, -0.2) is 12.9 Å². The fourth-order valence-corrected chi connectivity index (χ4v) is 2.60. The van der Waals surface area contributed by atoms with Crippen LogP contribution in [0.4, 0.5) is 0 Å². The van der Waals surface area contributed by atoms with Gasteiger partial charge in [-0.2, -0.15) is 4.57 Å². The zero-order chi connectivity index (χ0) is 16.8. The molecule has 0 unspecified atom stereocenters. The van der Waals surface area contributed by atoms with Crippen LogP contribution < -0.4 is 26.3 Å². The first-order chi connectivity index (χ1) is 11.7. The summed E-state index contributed by atoms with van der Waals surface area (Å²) >= 11 is 0. The summed E-state index contributed by atoms with van der Waals surface area (Å²) in [6, 6.07) is 21.7. The molecule has 0 aliphatic carbocycles. The van der Waals surface area contributed by atoms with E-state index in [1.807, 2.05) is 53.4 Å². The highest BCUT2D eigenvalue weighted by Crippen LogP contribution is 2.13. The van der Waals surface area contributed by atoms with Gasteiger partial charge in [0.05, 0.1) is 7.11 Å². The van der Waals surface area contributed by atoms with Crippen LogP contribution in [0.1, 0.15) is 21.5 Å². The molecule has 3 nitrogen and oxygen atoms in total. The number of benzene rings is 2. The first kappa shape index (κ1) is 18.9. The molecular formula is C21H20BrNO2. The maximum atomic E-state index is 12.4. The summed E-state index contributed by atoms with van der Waals surface area (Å²) in [5.41, 5.74) is 3.17. The van der Waals surface area contributed by atoms with Gasteiger partial charge in [-0.25, -0.2) is 0 Å². The number of ether oxygens (including phenoxy) is 1. The first-order valence-corrected chi connectivity index (χ1v) is 7.94. The van der Waals surface area contributed by atoms with Gasteiger partial charge in [0.1, 0.15) is 5.75 Å². The Bertz CT molecular complexity index is 817. The van der Waals surface area contributed by atoms with Crippen molar-refractivity contribution in [3.05, 3.63) is 95.8 Å². The Kier molecular flexibility index (Phi) is 6.90. The largest absolute Gasteiger partial charge is 1.00 e. The molecule has 0 atom stereocenters. The summed E-state index contributed by atoms with van der Waals surface area (Å²) in [6.07, 6.45) is 4.80. The Morgan fingerprint density at radius 2 is 1.60 bits per heavy atom. The number of carbonyl (C=O) groups excluding carboxylic acids is 1.